The molecule has 1 aliphatic heterocycles. The van der Waals surface area contributed by atoms with Gasteiger partial charge in [0.2, 0.25) is 11.8 Å². The predicted octanol–water partition coefficient (Wildman–Crippen LogP) is -0.0733. The lowest BCUT2D eigenvalue weighted by atomic mass is 10.1. The van der Waals surface area contributed by atoms with Crippen molar-refractivity contribution in [1.82, 2.24) is 9.88 Å². The molecular formula is C15H19N5O3. The van der Waals surface area contributed by atoms with Gasteiger partial charge in [-0.2, -0.15) is 0 Å². The summed E-state index contributed by atoms with van der Waals surface area (Å²) in [7, 11) is 0. The fraction of sp³-hybridized carbons (Fsp3) is 0.400. The van der Waals surface area contributed by atoms with Gasteiger partial charge in [-0.1, -0.05) is 0 Å². The van der Waals surface area contributed by atoms with Gasteiger partial charge in [-0.25, -0.2) is 4.98 Å². The average molecular weight is 317 g/mol. The Morgan fingerprint density at radius 1 is 1.48 bits per heavy atom. The summed E-state index contributed by atoms with van der Waals surface area (Å²) in [5, 5.41) is 10.6. The second-order valence-electron chi connectivity index (χ2n) is 5.33. The molecule has 0 aromatic carbocycles. The Bertz CT molecular complexity index is 658. The number of aromatic nitrogens is 1. The minimum absolute atomic E-state index is 0.0843. The normalized spacial score (nSPS) is 16.9. The van der Waals surface area contributed by atoms with Crippen molar-refractivity contribution in [3.63, 3.8) is 0 Å². The standard InChI is InChI=1S/C15H19N5O3/c1-9(21)13(16)10-4-2-6-18-15(10)19-8-12(22)20-7-3-5-11(20)14(17)23/h2,4,6,11,16H,3,5,7-8H2,1H3,(H2,17,23)(H,18,19). The van der Waals surface area contributed by atoms with Crippen molar-refractivity contribution < 1.29 is 14.4 Å². The lowest BCUT2D eigenvalue weighted by Gasteiger charge is -2.22. The molecular weight excluding hydrogens is 298 g/mol. The Balaban J connectivity index is 2.07. The zero-order valence-corrected chi connectivity index (χ0v) is 12.8. The van der Waals surface area contributed by atoms with E-state index in [4.69, 9.17) is 11.1 Å². The summed E-state index contributed by atoms with van der Waals surface area (Å²) in [4.78, 5) is 40.5. The van der Waals surface area contributed by atoms with Crippen molar-refractivity contribution in [3.05, 3.63) is 23.9 Å². The van der Waals surface area contributed by atoms with Crippen molar-refractivity contribution in [2.75, 3.05) is 18.4 Å². The number of amides is 2. The molecule has 0 bridgehead atoms. The van der Waals surface area contributed by atoms with Gasteiger partial charge in [0.15, 0.2) is 5.78 Å². The highest BCUT2D eigenvalue weighted by atomic mass is 16.2. The van der Waals surface area contributed by atoms with Gasteiger partial charge in [0, 0.05) is 25.2 Å². The Morgan fingerprint density at radius 3 is 2.87 bits per heavy atom. The first-order valence-corrected chi connectivity index (χ1v) is 7.29. The number of rotatable bonds is 6. The molecule has 8 nitrogen and oxygen atoms in total. The summed E-state index contributed by atoms with van der Waals surface area (Å²) in [6.45, 7) is 1.71. The van der Waals surface area contributed by atoms with E-state index in [2.05, 4.69) is 10.3 Å². The zero-order chi connectivity index (χ0) is 17.0. The molecule has 4 N–H and O–H groups in total. The number of primary amides is 1. The number of hydrogen-bond acceptors (Lipinski definition) is 6. The van der Waals surface area contributed by atoms with Crippen molar-refractivity contribution >= 4 is 29.1 Å². The van der Waals surface area contributed by atoms with Gasteiger partial charge in [-0.05, 0) is 25.0 Å². The Morgan fingerprint density at radius 2 is 2.22 bits per heavy atom. The maximum Gasteiger partial charge on any atom is 0.242 e. The summed E-state index contributed by atoms with van der Waals surface area (Å²) in [6, 6.07) is 2.64. The van der Waals surface area contributed by atoms with Crippen LogP contribution in [0.3, 0.4) is 0 Å². The minimum Gasteiger partial charge on any atom is -0.368 e. The molecule has 1 atom stereocenters. The SMILES string of the molecule is CC(=O)C(=N)c1cccnc1NCC(=O)N1CCCC1C(N)=O. The van der Waals surface area contributed by atoms with E-state index in [0.717, 1.165) is 6.42 Å². The van der Waals surface area contributed by atoms with Crippen LogP contribution in [0.4, 0.5) is 5.82 Å². The van der Waals surface area contributed by atoms with Crippen LogP contribution in [0, 0.1) is 5.41 Å². The van der Waals surface area contributed by atoms with Crippen LogP contribution in [0.25, 0.3) is 0 Å². The molecule has 1 saturated heterocycles. The quantitative estimate of drug-likeness (QED) is 0.632. The first kappa shape index (κ1) is 16.6. The summed E-state index contributed by atoms with van der Waals surface area (Å²) < 4.78 is 0. The molecule has 2 rings (SSSR count). The van der Waals surface area contributed by atoms with E-state index in [1.165, 1.54) is 18.0 Å². The van der Waals surface area contributed by atoms with Gasteiger partial charge in [0.1, 0.15) is 17.6 Å². The van der Waals surface area contributed by atoms with E-state index < -0.39 is 11.9 Å². The van der Waals surface area contributed by atoms with Crippen LogP contribution in [0.5, 0.6) is 0 Å². The number of Topliss-reactive ketones (excluding diaryl/α,β-unsaturated/α-hetero) is 1. The molecule has 122 valence electrons. The molecule has 0 spiro atoms. The first-order valence-electron chi connectivity index (χ1n) is 7.29. The molecule has 1 aliphatic rings. The smallest absolute Gasteiger partial charge is 0.242 e. The van der Waals surface area contributed by atoms with Crippen LogP contribution in [-0.2, 0) is 14.4 Å². The molecule has 1 aromatic heterocycles. The van der Waals surface area contributed by atoms with Gasteiger partial charge in [0.05, 0.1) is 6.54 Å². The molecule has 1 aromatic rings. The van der Waals surface area contributed by atoms with Crippen LogP contribution in [-0.4, -0.2) is 52.3 Å². The minimum atomic E-state index is -0.567. The summed E-state index contributed by atoms with van der Waals surface area (Å²) in [5.74, 6) is -0.874. The molecule has 1 fully saturated rings. The number of likely N-dealkylation sites (tertiary alicyclic amines) is 1. The van der Waals surface area contributed by atoms with Crippen molar-refractivity contribution in [3.8, 4) is 0 Å². The maximum atomic E-state index is 12.3. The van der Waals surface area contributed by atoms with Gasteiger partial charge < -0.3 is 16.0 Å². The lowest BCUT2D eigenvalue weighted by molar-refractivity contribution is -0.135. The fourth-order valence-electron chi connectivity index (χ4n) is 2.56. The Hall–Kier alpha value is -2.77. The van der Waals surface area contributed by atoms with Gasteiger partial charge in [0.25, 0.3) is 0 Å². The number of nitrogens with zero attached hydrogens (tertiary/aromatic N) is 2. The van der Waals surface area contributed by atoms with Gasteiger partial charge in [-0.3, -0.25) is 19.8 Å². The maximum absolute atomic E-state index is 12.3. The molecule has 1 unspecified atom stereocenters. The van der Waals surface area contributed by atoms with Gasteiger partial charge in [-0.15, -0.1) is 0 Å². The number of nitrogens with one attached hydrogen (secondary N) is 2. The Labute approximate surface area is 133 Å². The van der Waals surface area contributed by atoms with Crippen molar-refractivity contribution in [1.29, 1.82) is 5.41 Å². The number of nitrogens with two attached hydrogens (primary N) is 1. The number of carbonyl (C=O) groups is 3. The highest BCUT2D eigenvalue weighted by Crippen LogP contribution is 2.18. The second kappa shape index (κ2) is 6.99. The summed E-state index contributed by atoms with van der Waals surface area (Å²) in [6.07, 6.45) is 2.82. The highest BCUT2D eigenvalue weighted by Gasteiger charge is 2.32. The van der Waals surface area contributed by atoms with Gasteiger partial charge >= 0.3 is 0 Å². The number of pyridine rings is 1. The highest BCUT2D eigenvalue weighted by molar-refractivity contribution is 6.45. The summed E-state index contributed by atoms with van der Waals surface area (Å²) >= 11 is 0. The third-order valence-corrected chi connectivity index (χ3v) is 3.74. The van der Waals surface area contributed by atoms with Crippen LogP contribution in [0.1, 0.15) is 25.3 Å². The van der Waals surface area contributed by atoms with Crippen LogP contribution >= 0.6 is 0 Å². The van der Waals surface area contributed by atoms with E-state index in [0.29, 0.717) is 18.5 Å². The fourth-order valence-corrected chi connectivity index (χ4v) is 2.56. The zero-order valence-electron chi connectivity index (χ0n) is 12.8. The number of carbonyl (C=O) groups excluding carboxylic acids is 3. The Kier molecular flexibility index (Phi) is 5.05. The first-order chi connectivity index (χ1) is 10.9. The molecule has 8 heteroatoms. The molecule has 0 aliphatic carbocycles. The molecule has 23 heavy (non-hydrogen) atoms. The average Bonchev–Trinajstić information content (AvgIpc) is 3.02. The molecule has 2 heterocycles. The van der Waals surface area contributed by atoms with E-state index in [9.17, 15) is 14.4 Å². The van der Waals surface area contributed by atoms with Crippen molar-refractivity contribution in [2.24, 2.45) is 5.73 Å². The van der Waals surface area contributed by atoms with E-state index in [-0.39, 0.29) is 29.8 Å². The van der Waals surface area contributed by atoms with E-state index in [1.54, 1.807) is 12.1 Å². The van der Waals surface area contributed by atoms with E-state index >= 15 is 0 Å². The van der Waals surface area contributed by atoms with Crippen LogP contribution < -0.4 is 11.1 Å². The lowest BCUT2D eigenvalue weighted by Crippen LogP contribution is -2.45. The molecule has 2 amide bonds. The molecule has 0 radical (unpaired) electrons. The number of anilines is 1. The third-order valence-electron chi connectivity index (χ3n) is 3.74. The largest absolute Gasteiger partial charge is 0.368 e. The number of hydrogen-bond donors (Lipinski definition) is 3. The van der Waals surface area contributed by atoms with Crippen LogP contribution in [0.2, 0.25) is 0 Å². The van der Waals surface area contributed by atoms with E-state index in [1.807, 2.05) is 0 Å². The number of ketones is 1. The molecule has 0 saturated carbocycles. The third kappa shape index (κ3) is 3.71. The monoisotopic (exact) mass is 317 g/mol. The summed E-state index contributed by atoms with van der Waals surface area (Å²) in [5.41, 5.74) is 5.46. The predicted molar refractivity (Wildman–Crippen MR) is 84.2 cm³/mol. The second-order valence-corrected chi connectivity index (χ2v) is 5.33. The van der Waals surface area contributed by atoms with Crippen LogP contribution in [0.15, 0.2) is 18.3 Å². The topological polar surface area (TPSA) is 129 Å². The van der Waals surface area contributed by atoms with Crippen molar-refractivity contribution in [2.45, 2.75) is 25.8 Å².